The third-order valence-corrected chi connectivity index (χ3v) is 7.15. The van der Waals surface area contributed by atoms with Crippen molar-refractivity contribution in [3.8, 4) is 34.2 Å². The molecule has 10 heteroatoms. The maximum atomic E-state index is 13.2. The van der Waals surface area contributed by atoms with Crippen molar-refractivity contribution in [2.24, 2.45) is 0 Å². The molecule has 0 saturated carbocycles. The van der Waals surface area contributed by atoms with Crippen LogP contribution in [0.15, 0.2) is 81.7 Å². The molecule has 3 heterocycles. The van der Waals surface area contributed by atoms with Crippen molar-refractivity contribution in [1.82, 2.24) is 19.9 Å². The van der Waals surface area contributed by atoms with Gasteiger partial charge in [-0.3, -0.25) is 9.80 Å². The van der Waals surface area contributed by atoms with E-state index in [-0.39, 0.29) is 12.4 Å². The summed E-state index contributed by atoms with van der Waals surface area (Å²) in [5, 5.41) is 14.9. The van der Waals surface area contributed by atoms with Crippen LogP contribution < -0.4 is 9.47 Å². The highest BCUT2D eigenvalue weighted by Crippen LogP contribution is 2.30. The third kappa shape index (κ3) is 6.40. The molecule has 41 heavy (non-hydrogen) atoms. The van der Waals surface area contributed by atoms with E-state index in [2.05, 4.69) is 19.9 Å². The van der Waals surface area contributed by atoms with Crippen LogP contribution in [0.25, 0.3) is 33.8 Å². The summed E-state index contributed by atoms with van der Waals surface area (Å²) in [6, 6.07) is 21.1. The lowest BCUT2D eigenvalue weighted by molar-refractivity contribution is 0.0430. The van der Waals surface area contributed by atoms with Gasteiger partial charge in [-0.2, -0.15) is 0 Å². The Morgan fingerprint density at radius 3 is 2.56 bits per heavy atom. The molecule has 0 radical (unpaired) electrons. The average Bonchev–Trinajstić information content (AvgIpc) is 3.64. The van der Waals surface area contributed by atoms with E-state index in [0.29, 0.717) is 41.4 Å². The van der Waals surface area contributed by atoms with Crippen LogP contribution in [-0.2, 0) is 6.54 Å². The van der Waals surface area contributed by atoms with Gasteiger partial charge < -0.3 is 23.5 Å². The molecule has 0 bridgehead atoms. The Morgan fingerprint density at radius 2 is 1.76 bits per heavy atom. The Hall–Kier alpha value is -4.25. The maximum absolute atomic E-state index is 13.2. The molecule has 1 saturated heterocycles. The number of halogens is 1. The van der Waals surface area contributed by atoms with E-state index in [9.17, 15) is 9.50 Å². The van der Waals surface area contributed by atoms with Gasteiger partial charge in [-0.05, 0) is 48.5 Å². The van der Waals surface area contributed by atoms with Crippen molar-refractivity contribution in [3.63, 3.8) is 0 Å². The lowest BCUT2D eigenvalue weighted by Gasteiger charge is -2.35. The fraction of sp³-hybridized carbons (Fsp3) is 0.290. The highest BCUT2D eigenvalue weighted by atomic mass is 19.1. The molecule has 6 rings (SSSR count). The molecule has 2 aromatic heterocycles. The normalized spacial score (nSPS) is 15.3. The quantitative estimate of drug-likeness (QED) is 0.258. The number of rotatable bonds is 10. The second-order valence-corrected chi connectivity index (χ2v) is 10.1. The molecule has 3 aromatic carbocycles. The minimum Gasteiger partial charge on any atom is -0.496 e. The molecule has 1 N–H and O–H groups in total. The standard InChI is InChI=1S/C31H31FN4O5/c1-38-29-5-3-2-4-26(29)27-17-25(41-34-27)19-36-14-12-35(13-15-36)18-23(37)20-39-24-10-11-30-28(16-24)33-31(40-30)21-6-8-22(32)9-7-21/h2-11,16-17,23,37H,12-15,18-20H2,1H3/t23-/m1/s1. The van der Waals surface area contributed by atoms with Gasteiger partial charge in [0.2, 0.25) is 5.89 Å². The van der Waals surface area contributed by atoms with Crippen molar-refractivity contribution >= 4 is 11.1 Å². The Bertz CT molecular complexity index is 1590. The van der Waals surface area contributed by atoms with Crippen molar-refractivity contribution in [2.45, 2.75) is 12.6 Å². The lowest BCUT2D eigenvalue weighted by atomic mass is 10.1. The number of para-hydroxylation sites is 1. The molecule has 212 valence electrons. The Morgan fingerprint density at radius 1 is 0.976 bits per heavy atom. The number of aliphatic hydroxyl groups is 1. The van der Waals surface area contributed by atoms with E-state index < -0.39 is 6.10 Å². The number of methoxy groups -OCH3 is 1. The number of β-amino-alcohol motifs (C(OH)–C–C–N with tert-alkyl or cyclic N) is 1. The molecule has 0 aliphatic carbocycles. The molecule has 9 nitrogen and oxygen atoms in total. The number of hydrogen-bond donors (Lipinski definition) is 1. The first-order chi connectivity index (χ1) is 20.0. The van der Waals surface area contributed by atoms with Crippen LogP contribution in [0.1, 0.15) is 5.76 Å². The number of piperazine rings is 1. The smallest absolute Gasteiger partial charge is 0.227 e. The summed E-state index contributed by atoms with van der Waals surface area (Å²) >= 11 is 0. The number of nitrogens with zero attached hydrogens (tertiary/aromatic N) is 4. The Balaban J connectivity index is 0.963. The van der Waals surface area contributed by atoms with Crippen molar-refractivity contribution in [2.75, 3.05) is 46.4 Å². The largest absolute Gasteiger partial charge is 0.496 e. The second-order valence-electron chi connectivity index (χ2n) is 10.1. The topological polar surface area (TPSA) is 97.2 Å². The van der Waals surface area contributed by atoms with Crippen LogP contribution in [0.4, 0.5) is 4.39 Å². The minimum absolute atomic E-state index is 0.165. The van der Waals surface area contributed by atoms with Crippen molar-refractivity contribution < 1.29 is 27.9 Å². The van der Waals surface area contributed by atoms with Gasteiger partial charge in [-0.1, -0.05) is 17.3 Å². The van der Waals surface area contributed by atoms with Gasteiger partial charge in [-0.25, -0.2) is 9.37 Å². The van der Waals surface area contributed by atoms with Crippen LogP contribution in [0.2, 0.25) is 0 Å². The number of oxazole rings is 1. The molecular formula is C31H31FN4O5. The van der Waals surface area contributed by atoms with E-state index in [0.717, 1.165) is 48.9 Å². The predicted octanol–water partition coefficient (Wildman–Crippen LogP) is 4.86. The summed E-state index contributed by atoms with van der Waals surface area (Å²) in [6.45, 7) is 4.75. The van der Waals surface area contributed by atoms with Gasteiger partial charge >= 0.3 is 0 Å². The first-order valence-corrected chi connectivity index (χ1v) is 13.5. The average molecular weight is 559 g/mol. The molecule has 1 aliphatic heterocycles. The van der Waals surface area contributed by atoms with E-state index >= 15 is 0 Å². The zero-order valence-electron chi connectivity index (χ0n) is 22.7. The summed E-state index contributed by atoms with van der Waals surface area (Å²) in [6.07, 6.45) is -0.637. The van der Waals surface area contributed by atoms with Gasteiger partial charge in [0.25, 0.3) is 0 Å². The maximum Gasteiger partial charge on any atom is 0.227 e. The molecule has 1 fully saturated rings. The summed E-state index contributed by atoms with van der Waals surface area (Å²) in [4.78, 5) is 9.05. The molecule has 0 unspecified atom stereocenters. The van der Waals surface area contributed by atoms with Crippen LogP contribution in [0.5, 0.6) is 11.5 Å². The molecule has 0 spiro atoms. The lowest BCUT2D eigenvalue weighted by Crippen LogP contribution is -2.48. The fourth-order valence-corrected chi connectivity index (χ4v) is 4.98. The monoisotopic (exact) mass is 558 g/mol. The number of aliphatic hydroxyl groups excluding tert-OH is 1. The first kappa shape index (κ1) is 26.9. The van der Waals surface area contributed by atoms with Crippen molar-refractivity contribution in [1.29, 1.82) is 0 Å². The van der Waals surface area contributed by atoms with Crippen LogP contribution in [-0.4, -0.2) is 77.6 Å². The molecular weight excluding hydrogens is 527 g/mol. The van der Waals surface area contributed by atoms with Gasteiger partial charge in [0.1, 0.15) is 41.2 Å². The van der Waals surface area contributed by atoms with Gasteiger partial charge in [0.15, 0.2) is 11.3 Å². The predicted molar refractivity (Wildman–Crippen MR) is 151 cm³/mol. The van der Waals surface area contributed by atoms with Crippen LogP contribution in [0, 0.1) is 5.82 Å². The van der Waals surface area contributed by atoms with Crippen LogP contribution >= 0.6 is 0 Å². The summed E-state index contributed by atoms with van der Waals surface area (Å²) in [7, 11) is 1.65. The summed E-state index contributed by atoms with van der Waals surface area (Å²) < 4.78 is 35.9. The number of ether oxygens (including phenoxy) is 2. The van der Waals surface area contributed by atoms with E-state index in [1.807, 2.05) is 30.3 Å². The zero-order chi connectivity index (χ0) is 28.2. The summed E-state index contributed by atoms with van der Waals surface area (Å²) in [5.74, 6) is 2.27. The van der Waals surface area contributed by atoms with Gasteiger partial charge in [-0.15, -0.1) is 0 Å². The number of aromatic nitrogens is 2. The number of hydrogen-bond acceptors (Lipinski definition) is 9. The minimum atomic E-state index is -0.637. The highest BCUT2D eigenvalue weighted by molar-refractivity contribution is 5.77. The molecule has 1 atom stereocenters. The molecule has 1 aliphatic rings. The van der Waals surface area contributed by atoms with Crippen molar-refractivity contribution in [3.05, 3.63) is 84.4 Å². The number of benzene rings is 3. The Kier molecular flexibility index (Phi) is 7.95. The first-order valence-electron chi connectivity index (χ1n) is 13.5. The van der Waals surface area contributed by atoms with Gasteiger partial charge in [0, 0.05) is 56.0 Å². The fourth-order valence-electron chi connectivity index (χ4n) is 4.98. The zero-order valence-corrected chi connectivity index (χ0v) is 22.7. The van der Waals surface area contributed by atoms with E-state index in [1.165, 1.54) is 12.1 Å². The van der Waals surface area contributed by atoms with E-state index in [1.54, 1.807) is 37.4 Å². The summed E-state index contributed by atoms with van der Waals surface area (Å²) in [5.41, 5.74) is 3.60. The van der Waals surface area contributed by atoms with Gasteiger partial charge in [0.05, 0.1) is 13.7 Å². The second kappa shape index (κ2) is 12.1. The molecule has 0 amide bonds. The molecule has 5 aromatic rings. The highest BCUT2D eigenvalue weighted by Gasteiger charge is 2.21. The third-order valence-electron chi connectivity index (χ3n) is 7.15. The van der Waals surface area contributed by atoms with E-state index in [4.69, 9.17) is 18.4 Å². The number of fused-ring (bicyclic) bond motifs is 1. The van der Waals surface area contributed by atoms with Crippen LogP contribution in [0.3, 0.4) is 0 Å². The SMILES string of the molecule is COc1ccccc1-c1cc(CN2CCN(C[C@@H](O)COc3ccc4oc(-c5ccc(F)cc5)nc4c3)CC2)on1. The Labute approximate surface area is 236 Å².